The Balaban J connectivity index is 0.000000672. The van der Waals surface area contributed by atoms with E-state index in [9.17, 15) is 12.9 Å². The van der Waals surface area contributed by atoms with E-state index < -0.39 is 7.54 Å². The van der Waals surface area contributed by atoms with Gasteiger partial charge in [-0.1, -0.05) is 59.9 Å². The molecule has 0 bridgehead atoms. The molecule has 0 N–H and O–H groups in total. The summed E-state index contributed by atoms with van der Waals surface area (Å²) in [5.41, 5.74) is 4.33. The highest BCUT2D eigenvalue weighted by atomic mass is 79.9. The van der Waals surface area contributed by atoms with E-state index in [1.54, 1.807) is 0 Å². The van der Waals surface area contributed by atoms with Crippen molar-refractivity contribution in [2.75, 3.05) is 0 Å². The molecule has 0 amide bonds. The van der Waals surface area contributed by atoms with Crippen LogP contribution in [0.15, 0.2) is 103 Å². The Kier molecular flexibility index (Phi) is 10.1. The normalized spacial score (nSPS) is 9.94. The minimum atomic E-state index is -3.67. The van der Waals surface area contributed by atoms with Gasteiger partial charge in [-0.05, 0) is 66.2 Å². The van der Waals surface area contributed by atoms with Gasteiger partial charge in [-0.3, -0.25) is 12.9 Å². The maximum Gasteiger partial charge on any atom is 0.762 e. The number of hydrogen-bond acceptors (Lipinski definition) is 0. The standard InChI is InChI=1S/C23H14Br3O.BF3.FH/c24-19-7-1-15(2-8-19)18-13-22(16-3-9-20(25)10-4-16)27-23(14-18)17-5-11-21(26)12-6-17;2-1(3)4;/h1-14H;;1H/q+1;;/p-1. The minimum Gasteiger partial charge on any atom is -1.00 e. The van der Waals surface area contributed by atoms with Gasteiger partial charge in [0.15, 0.2) is 0 Å². The average molecular weight is 633 g/mol. The largest absolute Gasteiger partial charge is 1.00 e. The molecule has 32 heavy (non-hydrogen) atoms. The van der Waals surface area contributed by atoms with Crippen molar-refractivity contribution in [2.45, 2.75) is 0 Å². The van der Waals surface area contributed by atoms with E-state index in [2.05, 4.69) is 108 Å². The lowest BCUT2D eigenvalue weighted by Crippen LogP contribution is -3.00. The summed E-state index contributed by atoms with van der Waals surface area (Å²) in [4.78, 5) is 0. The third-order valence-electron chi connectivity index (χ3n) is 4.23. The molecule has 0 spiro atoms. The van der Waals surface area contributed by atoms with Crippen LogP contribution in [0.25, 0.3) is 33.8 Å². The summed E-state index contributed by atoms with van der Waals surface area (Å²) in [6.07, 6.45) is 0. The SMILES string of the molecule is Brc1ccc(-c2cc(-c3ccc(Br)cc3)[o+]c(-c3ccc(Br)cc3)c2)cc1.FB(F)F.[F-]. The number of halogens is 7. The van der Waals surface area contributed by atoms with Gasteiger partial charge < -0.3 is 4.70 Å². The third kappa shape index (κ3) is 7.57. The number of benzene rings is 3. The highest BCUT2D eigenvalue weighted by Gasteiger charge is 2.20. The van der Waals surface area contributed by atoms with Crippen LogP contribution in [0.1, 0.15) is 0 Å². The van der Waals surface area contributed by atoms with E-state index in [0.29, 0.717) is 0 Å². The lowest BCUT2D eigenvalue weighted by atomic mass is 10.0. The molecule has 164 valence electrons. The van der Waals surface area contributed by atoms with E-state index in [1.165, 1.54) is 0 Å². The van der Waals surface area contributed by atoms with Crippen LogP contribution < -0.4 is 4.70 Å². The Morgan fingerprint density at radius 2 is 0.781 bits per heavy atom. The summed E-state index contributed by atoms with van der Waals surface area (Å²) in [5.74, 6) is 1.67. The van der Waals surface area contributed by atoms with E-state index in [1.807, 2.05) is 24.3 Å². The van der Waals surface area contributed by atoms with E-state index in [4.69, 9.17) is 4.42 Å². The second-order valence-electron chi connectivity index (χ2n) is 6.34. The van der Waals surface area contributed by atoms with Gasteiger partial charge in [0.1, 0.15) is 0 Å². The van der Waals surface area contributed by atoms with Crippen LogP contribution in [0.5, 0.6) is 0 Å². The van der Waals surface area contributed by atoms with Crippen molar-refractivity contribution in [3.8, 4) is 33.8 Å². The fraction of sp³-hybridized carbons (Fsp3) is 0. The fourth-order valence-electron chi connectivity index (χ4n) is 2.82. The van der Waals surface area contributed by atoms with Gasteiger partial charge in [0, 0.05) is 19.0 Å². The molecular weight excluding hydrogens is 619 g/mol. The number of rotatable bonds is 3. The molecule has 1 nitrogen and oxygen atoms in total. The van der Waals surface area contributed by atoms with Gasteiger partial charge in [0.25, 0.3) is 0 Å². The van der Waals surface area contributed by atoms with Gasteiger partial charge in [0.2, 0.25) is 0 Å². The third-order valence-corrected chi connectivity index (χ3v) is 5.81. The topological polar surface area (TPSA) is 11.3 Å². The Morgan fingerprint density at radius 3 is 1.09 bits per heavy atom. The van der Waals surface area contributed by atoms with Crippen LogP contribution in [0, 0.1) is 0 Å². The van der Waals surface area contributed by atoms with Gasteiger partial charge in [-0.2, -0.15) is 0 Å². The van der Waals surface area contributed by atoms with Crippen molar-refractivity contribution in [1.29, 1.82) is 0 Å². The molecule has 3 aromatic carbocycles. The second-order valence-corrected chi connectivity index (χ2v) is 9.09. The van der Waals surface area contributed by atoms with Gasteiger partial charge in [-0.25, -0.2) is 4.42 Å². The first-order chi connectivity index (χ1) is 14.8. The molecule has 0 fully saturated rings. The quantitative estimate of drug-likeness (QED) is 0.139. The summed E-state index contributed by atoms with van der Waals surface area (Å²) >= 11 is 10.5. The maximum absolute atomic E-state index is 9.67. The molecule has 0 aliphatic heterocycles. The summed E-state index contributed by atoms with van der Waals surface area (Å²) in [6.45, 7) is 0. The average Bonchev–Trinajstić information content (AvgIpc) is 2.74. The highest BCUT2D eigenvalue weighted by molar-refractivity contribution is 9.11. The lowest BCUT2D eigenvalue weighted by Gasteiger charge is -2.03. The van der Waals surface area contributed by atoms with Gasteiger partial charge in [-0.15, -0.1) is 0 Å². The fourth-order valence-corrected chi connectivity index (χ4v) is 3.62. The first-order valence-corrected chi connectivity index (χ1v) is 11.4. The molecule has 0 saturated heterocycles. The van der Waals surface area contributed by atoms with Crippen LogP contribution in [0.4, 0.5) is 12.9 Å². The molecule has 1 aromatic heterocycles. The summed E-state index contributed by atoms with van der Waals surface area (Å²) in [7, 11) is -3.67. The summed E-state index contributed by atoms with van der Waals surface area (Å²) in [5, 5.41) is 0. The zero-order valence-corrected chi connectivity index (χ0v) is 21.0. The maximum atomic E-state index is 9.67. The Hall–Kier alpha value is -1.97. The lowest BCUT2D eigenvalue weighted by molar-refractivity contribution is -0.00000896. The molecule has 4 aromatic rings. The molecule has 1 heterocycles. The summed E-state index contributed by atoms with van der Waals surface area (Å²) < 4.78 is 38.4. The smallest absolute Gasteiger partial charge is 0.762 e. The van der Waals surface area contributed by atoms with Crippen molar-refractivity contribution in [3.05, 3.63) is 98.3 Å². The summed E-state index contributed by atoms with van der Waals surface area (Å²) in [6, 6.07) is 28.8. The molecule has 0 aliphatic rings. The molecule has 0 radical (unpaired) electrons. The van der Waals surface area contributed by atoms with Crippen LogP contribution in [-0.4, -0.2) is 7.54 Å². The molecule has 0 unspecified atom stereocenters. The van der Waals surface area contributed by atoms with E-state index >= 15 is 0 Å². The second kappa shape index (κ2) is 12.3. The van der Waals surface area contributed by atoms with E-state index in [0.717, 1.165) is 47.2 Å². The van der Waals surface area contributed by atoms with Crippen LogP contribution in [0.3, 0.4) is 0 Å². The predicted octanol–water partition coefficient (Wildman–Crippen LogP) is 6.73. The van der Waals surface area contributed by atoms with Crippen molar-refractivity contribution in [3.63, 3.8) is 0 Å². The van der Waals surface area contributed by atoms with Crippen molar-refractivity contribution >= 4 is 55.3 Å². The minimum absolute atomic E-state index is 0. The van der Waals surface area contributed by atoms with Crippen LogP contribution in [-0.2, 0) is 0 Å². The number of hydrogen-bond donors (Lipinski definition) is 0. The Morgan fingerprint density at radius 1 is 0.500 bits per heavy atom. The molecule has 9 heteroatoms. The molecule has 0 aliphatic carbocycles. The molecule has 0 atom stereocenters. The van der Waals surface area contributed by atoms with Crippen molar-refractivity contribution < 1.29 is 22.1 Å². The predicted molar refractivity (Wildman–Crippen MR) is 132 cm³/mol. The highest BCUT2D eigenvalue weighted by Crippen LogP contribution is 2.34. The first kappa shape index (κ1) is 26.3. The van der Waals surface area contributed by atoms with Crippen LogP contribution >= 0.6 is 47.8 Å². The first-order valence-electron chi connectivity index (χ1n) is 9.00. The van der Waals surface area contributed by atoms with E-state index in [-0.39, 0.29) is 4.70 Å². The zero-order valence-electron chi connectivity index (χ0n) is 16.2. The van der Waals surface area contributed by atoms with Gasteiger partial charge >= 0.3 is 19.1 Å². The Bertz CT molecular complexity index is 983. The molecule has 0 saturated carbocycles. The van der Waals surface area contributed by atoms with Crippen molar-refractivity contribution in [2.24, 2.45) is 0 Å². The van der Waals surface area contributed by atoms with Gasteiger partial charge in [0.05, 0.1) is 23.3 Å². The molecular formula is C23H14BBr3F4O. The monoisotopic (exact) mass is 630 g/mol. The zero-order chi connectivity index (χ0) is 22.4. The molecule has 4 rings (SSSR count). The Labute approximate surface area is 208 Å². The van der Waals surface area contributed by atoms with Crippen molar-refractivity contribution in [1.82, 2.24) is 0 Å². The van der Waals surface area contributed by atoms with Crippen LogP contribution in [0.2, 0.25) is 0 Å².